The smallest absolute Gasteiger partial charge is 0.326 e. The predicted molar refractivity (Wildman–Crippen MR) is 138 cm³/mol. The minimum Gasteiger partial charge on any atom is -0.497 e. The number of methoxy groups -OCH3 is 1. The molecule has 1 spiro atoms. The zero-order valence-corrected chi connectivity index (χ0v) is 21.3. The number of aliphatic hydroxyl groups is 1. The van der Waals surface area contributed by atoms with Gasteiger partial charge in [0.2, 0.25) is 0 Å². The maximum absolute atomic E-state index is 13.9. The zero-order chi connectivity index (χ0) is 26.2. The molecular weight excluding hydrogens is 472 g/mol. The van der Waals surface area contributed by atoms with Crippen LogP contribution in [0.1, 0.15) is 31.0 Å². The Morgan fingerprint density at radius 2 is 2.03 bits per heavy atom. The lowest BCUT2D eigenvalue weighted by molar-refractivity contribution is -0.141. The van der Waals surface area contributed by atoms with E-state index in [1.54, 1.807) is 23.1 Å². The van der Waals surface area contributed by atoms with Crippen LogP contribution in [0.25, 0.3) is 11.1 Å². The van der Waals surface area contributed by atoms with E-state index in [1.165, 1.54) is 6.92 Å². The summed E-state index contributed by atoms with van der Waals surface area (Å²) in [6.07, 6.45) is 3.76. The van der Waals surface area contributed by atoms with Crippen molar-refractivity contribution in [1.82, 2.24) is 25.0 Å². The van der Waals surface area contributed by atoms with Crippen LogP contribution in [0.15, 0.2) is 48.8 Å². The van der Waals surface area contributed by atoms with Gasteiger partial charge in [-0.1, -0.05) is 12.1 Å². The van der Waals surface area contributed by atoms with Crippen molar-refractivity contribution in [2.75, 3.05) is 31.6 Å². The molecule has 0 bridgehead atoms. The van der Waals surface area contributed by atoms with Crippen LogP contribution in [0, 0.1) is 6.92 Å². The van der Waals surface area contributed by atoms with Gasteiger partial charge in [-0.25, -0.2) is 9.78 Å². The summed E-state index contributed by atoms with van der Waals surface area (Å²) in [5.74, 6) is 1.06. The molecule has 0 saturated carbocycles. The second-order valence-corrected chi connectivity index (χ2v) is 9.82. The number of pyridine rings is 1. The van der Waals surface area contributed by atoms with Gasteiger partial charge in [0.1, 0.15) is 17.7 Å². The molecule has 5 rings (SSSR count). The zero-order valence-electron chi connectivity index (χ0n) is 21.3. The van der Waals surface area contributed by atoms with Gasteiger partial charge >= 0.3 is 6.03 Å². The Bertz CT molecular complexity index is 1280. The van der Waals surface area contributed by atoms with E-state index < -0.39 is 11.6 Å². The van der Waals surface area contributed by atoms with Crippen molar-refractivity contribution in [2.24, 2.45) is 0 Å². The monoisotopic (exact) mass is 504 g/mol. The average molecular weight is 505 g/mol. The van der Waals surface area contributed by atoms with Crippen LogP contribution < -0.4 is 9.64 Å². The minimum atomic E-state index is -1.04. The van der Waals surface area contributed by atoms with Crippen LogP contribution in [0.2, 0.25) is 0 Å². The van der Waals surface area contributed by atoms with E-state index in [0.717, 1.165) is 28.1 Å². The summed E-state index contributed by atoms with van der Waals surface area (Å²) >= 11 is 0. The van der Waals surface area contributed by atoms with E-state index in [1.807, 2.05) is 54.4 Å². The molecule has 2 aliphatic rings. The molecule has 2 aliphatic heterocycles. The lowest BCUT2D eigenvalue weighted by atomic mass is 9.86. The van der Waals surface area contributed by atoms with Gasteiger partial charge in [-0.05, 0) is 56.5 Å². The minimum absolute atomic E-state index is 0.110. The van der Waals surface area contributed by atoms with E-state index in [4.69, 9.17) is 9.72 Å². The molecule has 2 N–H and O–H groups in total. The highest BCUT2D eigenvalue weighted by atomic mass is 16.5. The second-order valence-electron chi connectivity index (χ2n) is 9.82. The number of nitrogens with zero attached hydrogens (tertiary/aromatic N) is 5. The summed E-state index contributed by atoms with van der Waals surface area (Å²) in [6, 6.07) is 11.5. The van der Waals surface area contributed by atoms with Crippen molar-refractivity contribution >= 4 is 17.8 Å². The number of piperidine rings is 1. The summed E-state index contributed by atoms with van der Waals surface area (Å²) in [4.78, 5) is 36.5. The number of hydrogen-bond acceptors (Lipinski definition) is 6. The molecule has 1 aromatic carbocycles. The second kappa shape index (κ2) is 9.85. The molecule has 10 heteroatoms. The van der Waals surface area contributed by atoms with Gasteiger partial charge in [0.25, 0.3) is 5.91 Å². The molecular formula is C27H32N6O4. The van der Waals surface area contributed by atoms with E-state index in [-0.39, 0.29) is 11.9 Å². The molecule has 2 saturated heterocycles. The number of carbonyl (C=O) groups excluding carboxylic acids is 2. The first kappa shape index (κ1) is 24.8. The molecule has 10 nitrogen and oxygen atoms in total. The maximum Gasteiger partial charge on any atom is 0.326 e. The maximum atomic E-state index is 13.9. The van der Waals surface area contributed by atoms with Gasteiger partial charge in [0.15, 0.2) is 0 Å². The van der Waals surface area contributed by atoms with Crippen molar-refractivity contribution in [3.8, 4) is 16.9 Å². The molecule has 2 fully saturated rings. The summed E-state index contributed by atoms with van der Waals surface area (Å²) in [7, 11) is 1.62. The summed E-state index contributed by atoms with van der Waals surface area (Å²) in [5, 5.41) is 16.6. The van der Waals surface area contributed by atoms with Gasteiger partial charge in [0, 0.05) is 42.7 Å². The Kier molecular flexibility index (Phi) is 6.59. The van der Waals surface area contributed by atoms with Gasteiger partial charge in [-0.2, -0.15) is 5.10 Å². The highest BCUT2D eigenvalue weighted by Crippen LogP contribution is 2.39. The summed E-state index contributed by atoms with van der Waals surface area (Å²) in [5.41, 5.74) is 3.21. The number of rotatable bonds is 6. The number of aryl methyl sites for hydroxylation is 1. The molecule has 3 amide bonds. The third kappa shape index (κ3) is 4.64. The Morgan fingerprint density at radius 3 is 2.68 bits per heavy atom. The quantitative estimate of drug-likeness (QED) is 0.533. The van der Waals surface area contributed by atoms with Crippen LogP contribution in [-0.2, 0) is 11.3 Å². The first-order valence-electron chi connectivity index (χ1n) is 12.5. The van der Waals surface area contributed by atoms with Crippen LogP contribution >= 0.6 is 0 Å². The molecule has 4 heterocycles. The molecule has 2 aromatic heterocycles. The summed E-state index contributed by atoms with van der Waals surface area (Å²) < 4.78 is 5.39. The lowest BCUT2D eigenvalue weighted by Crippen LogP contribution is -2.56. The average Bonchev–Trinajstić information content (AvgIpc) is 3.52. The van der Waals surface area contributed by atoms with Crippen LogP contribution in [0.3, 0.4) is 0 Å². The molecule has 0 aliphatic carbocycles. The highest BCUT2D eigenvalue weighted by molar-refractivity contribution is 5.95. The number of H-pyrrole nitrogens is 1. The van der Waals surface area contributed by atoms with E-state index in [9.17, 15) is 14.7 Å². The topological polar surface area (TPSA) is 115 Å². The van der Waals surface area contributed by atoms with Crippen molar-refractivity contribution in [3.63, 3.8) is 0 Å². The fourth-order valence-electron chi connectivity index (χ4n) is 5.40. The number of nitrogens with one attached hydrogen (secondary N) is 1. The van der Waals surface area contributed by atoms with E-state index in [2.05, 4.69) is 10.2 Å². The first-order chi connectivity index (χ1) is 17.8. The molecule has 37 heavy (non-hydrogen) atoms. The Hall–Kier alpha value is -3.92. The van der Waals surface area contributed by atoms with E-state index in [0.29, 0.717) is 44.8 Å². The molecule has 1 unspecified atom stereocenters. The third-order valence-corrected chi connectivity index (χ3v) is 7.48. The first-order valence-corrected chi connectivity index (χ1v) is 12.5. The standard InChI is InChI=1S/C27H32N6O4/c1-18-23(21-14-28-29-15-21)7-8-24(30-18)32-17-27(9-11-31(12-10-27)25(35)19(2)34)33(26(32)36)16-20-5-4-6-22(13-20)37-3/h4-8,13-15,19,34H,9-12,16-17H2,1-3H3,(H,28,29). The molecule has 1 atom stereocenters. The Balaban J connectivity index is 1.45. The van der Waals surface area contributed by atoms with Gasteiger partial charge in [-0.3, -0.25) is 14.8 Å². The number of benzene rings is 1. The largest absolute Gasteiger partial charge is 0.497 e. The summed E-state index contributed by atoms with van der Waals surface area (Å²) in [6.45, 7) is 5.27. The lowest BCUT2D eigenvalue weighted by Gasteiger charge is -2.44. The Labute approximate surface area is 215 Å². The number of aromatic amines is 1. The predicted octanol–water partition coefficient (Wildman–Crippen LogP) is 2.97. The number of aliphatic hydroxyl groups excluding tert-OH is 1. The fraction of sp³-hybridized carbons (Fsp3) is 0.407. The van der Waals surface area contributed by atoms with Crippen LogP contribution in [0.5, 0.6) is 5.75 Å². The van der Waals surface area contributed by atoms with Crippen LogP contribution in [-0.4, -0.2) is 80.4 Å². The number of carbonyl (C=O) groups is 2. The number of ether oxygens (including phenoxy) is 1. The third-order valence-electron chi connectivity index (χ3n) is 7.48. The number of urea groups is 1. The molecule has 3 aromatic rings. The highest BCUT2D eigenvalue weighted by Gasteiger charge is 2.52. The fourth-order valence-corrected chi connectivity index (χ4v) is 5.40. The SMILES string of the molecule is COc1cccc(CN2C(=O)N(c3ccc(-c4cn[nH]c4)c(C)n3)CC23CCN(C(=O)C(C)O)CC3)c1. The number of anilines is 1. The Morgan fingerprint density at radius 1 is 1.24 bits per heavy atom. The van der Waals surface area contributed by atoms with E-state index >= 15 is 0 Å². The van der Waals surface area contributed by atoms with Gasteiger partial charge < -0.3 is 19.6 Å². The van der Waals surface area contributed by atoms with Crippen molar-refractivity contribution in [2.45, 2.75) is 44.9 Å². The normalized spacial score (nSPS) is 17.9. The van der Waals surface area contributed by atoms with Crippen molar-refractivity contribution in [3.05, 3.63) is 60.0 Å². The number of amides is 3. The number of likely N-dealkylation sites (tertiary alicyclic amines) is 1. The van der Waals surface area contributed by atoms with Crippen molar-refractivity contribution in [1.29, 1.82) is 0 Å². The van der Waals surface area contributed by atoms with Gasteiger partial charge in [0.05, 0.1) is 25.4 Å². The number of hydrogen-bond donors (Lipinski definition) is 2. The number of aromatic nitrogens is 3. The van der Waals surface area contributed by atoms with Crippen LogP contribution in [0.4, 0.5) is 10.6 Å². The van der Waals surface area contributed by atoms with Crippen molar-refractivity contribution < 1.29 is 19.4 Å². The van der Waals surface area contributed by atoms with Gasteiger partial charge in [-0.15, -0.1) is 0 Å². The molecule has 0 radical (unpaired) electrons. The molecule has 194 valence electrons.